The van der Waals surface area contributed by atoms with Crippen molar-refractivity contribution in [2.24, 2.45) is 0 Å². The Kier molecular flexibility index (Phi) is 4.16. The predicted molar refractivity (Wildman–Crippen MR) is 37.4 cm³/mol. The molecule has 0 spiro atoms. The number of carbonyl (C=O) groups excluding carboxylic acids is 2. The van der Waals surface area contributed by atoms with Crippen LogP contribution >= 0.6 is 0 Å². The average molecular weight is 153 g/mol. The molecule has 0 rings (SSSR count). The van der Waals surface area contributed by atoms with Crippen molar-refractivity contribution < 1.29 is 9.59 Å². The molecule has 0 aromatic carbocycles. The maximum Gasteiger partial charge on any atom is 0.318 e. The van der Waals surface area contributed by atoms with E-state index in [4.69, 9.17) is 5.26 Å². The Morgan fingerprint density at radius 3 is 2.64 bits per heavy atom. The molecule has 0 bridgehead atoms. The summed E-state index contributed by atoms with van der Waals surface area (Å²) in [7, 11) is 1.43. The molecular weight excluding hydrogens is 146 g/mol. The van der Waals surface area contributed by atoms with E-state index < -0.39 is 6.03 Å². The molecule has 2 amide bonds. The first kappa shape index (κ1) is 9.17. The lowest BCUT2D eigenvalue weighted by Crippen LogP contribution is -2.28. The molecule has 0 aromatic rings. The molecule has 0 atom stereocenters. The number of nitriles is 1. The van der Waals surface area contributed by atoms with Crippen molar-refractivity contribution in [3.8, 4) is 6.07 Å². The number of urea groups is 1. The zero-order valence-electron chi connectivity index (χ0n) is 5.92. The van der Waals surface area contributed by atoms with Crippen LogP contribution in [0.15, 0.2) is 11.8 Å². The van der Waals surface area contributed by atoms with Crippen LogP contribution in [0.4, 0.5) is 4.79 Å². The minimum atomic E-state index is -0.473. The summed E-state index contributed by atoms with van der Waals surface area (Å²) < 4.78 is 0. The van der Waals surface area contributed by atoms with E-state index in [0.29, 0.717) is 6.29 Å². The summed E-state index contributed by atoms with van der Waals surface area (Å²) in [6.45, 7) is 0. The Bertz CT molecular complexity index is 226. The van der Waals surface area contributed by atoms with Crippen LogP contribution in [0.5, 0.6) is 0 Å². The fraction of sp³-hybridized carbons (Fsp3) is 0.167. The highest BCUT2D eigenvalue weighted by Gasteiger charge is 1.93. The van der Waals surface area contributed by atoms with Gasteiger partial charge in [0.05, 0.1) is 0 Å². The molecule has 0 fully saturated rings. The van der Waals surface area contributed by atoms with E-state index in [1.165, 1.54) is 7.05 Å². The van der Waals surface area contributed by atoms with Crippen LogP contribution in [0.1, 0.15) is 0 Å². The van der Waals surface area contributed by atoms with E-state index in [0.717, 1.165) is 6.20 Å². The van der Waals surface area contributed by atoms with E-state index >= 15 is 0 Å². The van der Waals surface area contributed by atoms with Gasteiger partial charge in [0.2, 0.25) is 0 Å². The van der Waals surface area contributed by atoms with Crippen LogP contribution in [0.2, 0.25) is 0 Å². The molecule has 0 saturated heterocycles. The molecule has 0 radical (unpaired) electrons. The van der Waals surface area contributed by atoms with Gasteiger partial charge in [-0.15, -0.1) is 0 Å². The number of hydrogen-bond acceptors (Lipinski definition) is 3. The minimum Gasteiger partial charge on any atom is -0.341 e. The van der Waals surface area contributed by atoms with Crippen LogP contribution in [0.3, 0.4) is 0 Å². The first-order chi connectivity index (χ1) is 5.24. The molecule has 0 heterocycles. The van der Waals surface area contributed by atoms with E-state index in [2.05, 4.69) is 10.6 Å². The largest absolute Gasteiger partial charge is 0.341 e. The van der Waals surface area contributed by atoms with Gasteiger partial charge in [0.15, 0.2) is 6.29 Å². The quantitative estimate of drug-likeness (QED) is 0.319. The smallest absolute Gasteiger partial charge is 0.318 e. The number of amides is 2. The third-order valence-electron chi connectivity index (χ3n) is 0.842. The number of aldehydes is 1. The highest BCUT2D eigenvalue weighted by atomic mass is 16.2. The Morgan fingerprint density at radius 2 is 2.27 bits per heavy atom. The van der Waals surface area contributed by atoms with Gasteiger partial charge in [-0.05, 0) is 0 Å². The standard InChI is InChI=1S/C6H7N3O2/c1-8-6(11)9-3-5(2-7)4-10/h3-4H,1H3,(H2,8,9,11)/b5-3+. The van der Waals surface area contributed by atoms with Gasteiger partial charge in [0.1, 0.15) is 11.6 Å². The highest BCUT2D eigenvalue weighted by molar-refractivity contribution is 5.81. The van der Waals surface area contributed by atoms with E-state index in [1.807, 2.05) is 0 Å². The number of nitrogens with zero attached hydrogens (tertiary/aromatic N) is 1. The highest BCUT2D eigenvalue weighted by Crippen LogP contribution is 1.81. The SMILES string of the molecule is CNC(=O)N/C=C(\C#N)C=O. The summed E-state index contributed by atoms with van der Waals surface area (Å²) in [5, 5.41) is 12.6. The number of hydrogen-bond donors (Lipinski definition) is 2. The van der Waals surface area contributed by atoms with Gasteiger partial charge in [0, 0.05) is 13.2 Å². The van der Waals surface area contributed by atoms with Gasteiger partial charge in [-0.3, -0.25) is 4.79 Å². The molecule has 0 aliphatic heterocycles. The Balaban J connectivity index is 4.01. The molecule has 5 heteroatoms. The van der Waals surface area contributed by atoms with Gasteiger partial charge in [-0.2, -0.15) is 5.26 Å². The van der Waals surface area contributed by atoms with Crippen LogP contribution in [-0.2, 0) is 4.79 Å². The number of rotatable bonds is 2. The van der Waals surface area contributed by atoms with Crippen molar-refractivity contribution in [2.45, 2.75) is 0 Å². The second-order valence-corrected chi connectivity index (χ2v) is 1.55. The molecule has 0 saturated carbocycles. The van der Waals surface area contributed by atoms with Crippen LogP contribution in [0.25, 0.3) is 0 Å². The zero-order chi connectivity index (χ0) is 8.69. The van der Waals surface area contributed by atoms with Gasteiger partial charge >= 0.3 is 6.03 Å². The minimum absolute atomic E-state index is 0.131. The number of nitrogens with one attached hydrogen (secondary N) is 2. The fourth-order valence-corrected chi connectivity index (χ4v) is 0.308. The molecule has 2 N–H and O–H groups in total. The van der Waals surface area contributed by atoms with Crippen molar-refractivity contribution >= 4 is 12.3 Å². The van der Waals surface area contributed by atoms with E-state index in [9.17, 15) is 9.59 Å². The van der Waals surface area contributed by atoms with Crippen molar-refractivity contribution in [3.63, 3.8) is 0 Å². The normalized spacial score (nSPS) is 9.64. The maximum absolute atomic E-state index is 10.5. The lowest BCUT2D eigenvalue weighted by molar-refractivity contribution is -0.104. The summed E-state index contributed by atoms with van der Waals surface area (Å²) in [5.41, 5.74) is -0.131. The maximum atomic E-state index is 10.5. The lowest BCUT2D eigenvalue weighted by Gasteiger charge is -1.95. The summed E-state index contributed by atoms with van der Waals surface area (Å²) in [6.07, 6.45) is 1.39. The summed E-state index contributed by atoms with van der Waals surface area (Å²) in [5.74, 6) is 0. The van der Waals surface area contributed by atoms with Gasteiger partial charge in [0.25, 0.3) is 0 Å². The second kappa shape index (κ2) is 4.99. The van der Waals surface area contributed by atoms with Gasteiger partial charge < -0.3 is 10.6 Å². The third-order valence-corrected chi connectivity index (χ3v) is 0.842. The molecule has 0 unspecified atom stereocenters. The molecule has 0 aromatic heterocycles. The first-order valence-electron chi connectivity index (χ1n) is 2.78. The monoisotopic (exact) mass is 153 g/mol. The molecule has 11 heavy (non-hydrogen) atoms. The molecule has 0 aliphatic carbocycles. The average Bonchev–Trinajstić information content (AvgIpc) is 2.06. The lowest BCUT2D eigenvalue weighted by atomic mass is 10.4. The number of allylic oxidation sites excluding steroid dienone is 1. The molecule has 58 valence electrons. The van der Waals surface area contributed by atoms with Gasteiger partial charge in [-0.25, -0.2) is 4.79 Å². The predicted octanol–water partition coefficient (Wildman–Crippen LogP) is -0.478. The van der Waals surface area contributed by atoms with Crippen molar-refractivity contribution in [3.05, 3.63) is 11.8 Å². The zero-order valence-corrected chi connectivity index (χ0v) is 5.92. The van der Waals surface area contributed by atoms with Crippen molar-refractivity contribution in [2.75, 3.05) is 7.05 Å². The summed E-state index contributed by atoms with van der Waals surface area (Å²) >= 11 is 0. The van der Waals surface area contributed by atoms with Crippen LogP contribution < -0.4 is 10.6 Å². The Morgan fingerprint density at radius 1 is 1.64 bits per heavy atom. The molecule has 5 nitrogen and oxygen atoms in total. The number of carbonyl (C=O) groups is 2. The topological polar surface area (TPSA) is 82.0 Å². The molecular formula is C6H7N3O2. The van der Waals surface area contributed by atoms with Gasteiger partial charge in [-0.1, -0.05) is 0 Å². The fourth-order valence-electron chi connectivity index (χ4n) is 0.308. The van der Waals surface area contributed by atoms with Crippen molar-refractivity contribution in [1.82, 2.24) is 10.6 Å². The van der Waals surface area contributed by atoms with Crippen LogP contribution in [-0.4, -0.2) is 19.4 Å². The summed E-state index contributed by atoms with van der Waals surface area (Å²) in [4.78, 5) is 20.4. The molecule has 0 aliphatic rings. The van der Waals surface area contributed by atoms with Crippen molar-refractivity contribution in [1.29, 1.82) is 5.26 Å². The van der Waals surface area contributed by atoms with E-state index in [-0.39, 0.29) is 5.57 Å². The first-order valence-corrected chi connectivity index (χ1v) is 2.78. The Hall–Kier alpha value is -1.83. The van der Waals surface area contributed by atoms with Crippen LogP contribution in [0, 0.1) is 11.3 Å². The van der Waals surface area contributed by atoms with E-state index in [1.54, 1.807) is 6.07 Å². The third kappa shape index (κ3) is 3.70. The summed E-state index contributed by atoms with van der Waals surface area (Å²) in [6, 6.07) is 1.11. The second-order valence-electron chi connectivity index (χ2n) is 1.55. The Labute approximate surface area is 63.7 Å².